The number of Topliss-reactive ketones (excluding diaryl/α,β-unsaturated/α-hetero) is 2. The van der Waals surface area contributed by atoms with Crippen molar-refractivity contribution < 1.29 is 19.4 Å². The lowest BCUT2D eigenvalue weighted by molar-refractivity contribution is 0.0519. The van der Waals surface area contributed by atoms with E-state index in [1.54, 1.807) is 30.3 Å². The average molecular weight is 524 g/mol. The number of fused-ring (bicyclic) bond motifs is 3. The summed E-state index contributed by atoms with van der Waals surface area (Å²) in [5.74, 6) is -0.629. The van der Waals surface area contributed by atoms with E-state index in [4.69, 9.17) is 16.3 Å². The molecule has 4 unspecified atom stereocenters. The fourth-order valence-corrected chi connectivity index (χ4v) is 7.62. The Labute approximate surface area is 225 Å². The molecule has 2 heterocycles. The van der Waals surface area contributed by atoms with Gasteiger partial charge in [-0.15, -0.1) is 0 Å². The van der Waals surface area contributed by atoms with Gasteiger partial charge in [-0.05, 0) is 77.7 Å². The molecule has 4 aromatic carbocycles. The molecule has 4 atom stereocenters. The molecular formula is C32H26ClNO4. The Balaban J connectivity index is 1.53. The van der Waals surface area contributed by atoms with Crippen LogP contribution in [0.4, 0.5) is 0 Å². The predicted molar refractivity (Wildman–Crippen MR) is 146 cm³/mol. The van der Waals surface area contributed by atoms with Crippen molar-refractivity contribution in [2.45, 2.75) is 30.3 Å². The maximum atomic E-state index is 14.7. The number of ether oxygens (including phenoxy) is 1. The standard InChI is InChI=1S/C32H26ClNO4/c1-38-26-17-20(12-15-25(26)35)28-24-9-4-16-34(24)32(29(28)30(36)19-10-13-21(33)14-11-19)23-8-3-6-18-5-2-7-22(27(18)23)31(32)37/h2-3,5-8,10-15,17,24,28-29,35H,4,9,16H2,1H3. The van der Waals surface area contributed by atoms with Crippen molar-refractivity contribution in [2.75, 3.05) is 13.7 Å². The van der Waals surface area contributed by atoms with Gasteiger partial charge in [0.25, 0.3) is 0 Å². The zero-order chi connectivity index (χ0) is 26.2. The molecule has 5 nitrogen and oxygen atoms in total. The highest BCUT2D eigenvalue weighted by Gasteiger charge is 2.69. The Morgan fingerprint density at radius 2 is 1.82 bits per heavy atom. The molecule has 1 spiro atoms. The highest BCUT2D eigenvalue weighted by atomic mass is 35.5. The van der Waals surface area contributed by atoms with Crippen LogP contribution in [0.3, 0.4) is 0 Å². The van der Waals surface area contributed by atoms with Crippen LogP contribution in [-0.4, -0.2) is 41.3 Å². The van der Waals surface area contributed by atoms with E-state index in [-0.39, 0.29) is 29.3 Å². The molecule has 3 aliphatic rings. The predicted octanol–water partition coefficient (Wildman–Crippen LogP) is 6.36. The minimum absolute atomic E-state index is 0.00300. The van der Waals surface area contributed by atoms with Gasteiger partial charge in [-0.2, -0.15) is 0 Å². The van der Waals surface area contributed by atoms with Gasteiger partial charge in [0.15, 0.2) is 23.1 Å². The second-order valence-corrected chi connectivity index (χ2v) is 11.0. The number of aromatic hydroxyl groups is 1. The van der Waals surface area contributed by atoms with Crippen LogP contribution < -0.4 is 4.74 Å². The number of halogens is 1. The molecule has 0 radical (unpaired) electrons. The number of hydrogen-bond acceptors (Lipinski definition) is 5. The van der Waals surface area contributed by atoms with E-state index in [0.29, 0.717) is 21.9 Å². The van der Waals surface area contributed by atoms with E-state index in [9.17, 15) is 14.7 Å². The SMILES string of the molecule is COc1cc(C2C3CCCN3C3(C(=O)c4cccc5cccc3c45)C2C(=O)c2ccc(Cl)cc2)ccc1O. The van der Waals surface area contributed by atoms with E-state index in [0.717, 1.165) is 41.3 Å². The molecule has 6 heteroatoms. The van der Waals surface area contributed by atoms with E-state index in [2.05, 4.69) is 4.90 Å². The summed E-state index contributed by atoms with van der Waals surface area (Å²) in [5.41, 5.74) is 1.91. The summed E-state index contributed by atoms with van der Waals surface area (Å²) in [6.07, 6.45) is 1.82. The first-order valence-corrected chi connectivity index (χ1v) is 13.3. The number of carbonyl (C=O) groups excluding carboxylic acids is 2. The van der Waals surface area contributed by atoms with Crippen molar-refractivity contribution >= 4 is 33.9 Å². The van der Waals surface area contributed by atoms with Crippen molar-refractivity contribution in [3.05, 3.63) is 106 Å². The summed E-state index contributed by atoms with van der Waals surface area (Å²) in [5, 5.41) is 12.9. The van der Waals surface area contributed by atoms with E-state index >= 15 is 0 Å². The number of methoxy groups -OCH3 is 1. The Kier molecular flexibility index (Phi) is 5.19. The van der Waals surface area contributed by atoms with Gasteiger partial charge in [-0.1, -0.05) is 54.1 Å². The topological polar surface area (TPSA) is 66.8 Å². The number of phenols is 1. The minimum Gasteiger partial charge on any atom is -0.504 e. The molecule has 1 aliphatic carbocycles. The molecule has 4 aromatic rings. The maximum absolute atomic E-state index is 14.7. The number of benzene rings is 4. The van der Waals surface area contributed by atoms with E-state index in [1.165, 1.54) is 7.11 Å². The van der Waals surface area contributed by atoms with Crippen molar-refractivity contribution in [2.24, 2.45) is 5.92 Å². The van der Waals surface area contributed by atoms with Gasteiger partial charge in [0.1, 0.15) is 5.54 Å². The second kappa shape index (κ2) is 8.42. The van der Waals surface area contributed by atoms with Crippen LogP contribution in [0, 0.1) is 5.92 Å². The lowest BCUT2D eigenvalue weighted by Crippen LogP contribution is -2.51. The van der Waals surface area contributed by atoms with Crippen molar-refractivity contribution in [3.8, 4) is 11.5 Å². The Morgan fingerprint density at radius 3 is 2.58 bits per heavy atom. The maximum Gasteiger partial charge on any atom is 0.189 e. The zero-order valence-corrected chi connectivity index (χ0v) is 21.6. The van der Waals surface area contributed by atoms with Crippen LogP contribution in [0.15, 0.2) is 78.9 Å². The first kappa shape index (κ1) is 23.4. The molecule has 0 saturated carbocycles. The number of carbonyl (C=O) groups is 2. The second-order valence-electron chi connectivity index (χ2n) is 10.5. The third-order valence-electron chi connectivity index (χ3n) is 8.88. The van der Waals surface area contributed by atoms with Gasteiger partial charge in [0.05, 0.1) is 13.0 Å². The number of phenolic OH excluding ortho intramolecular Hbond substituents is 1. The van der Waals surface area contributed by atoms with Crippen molar-refractivity contribution in [1.82, 2.24) is 4.90 Å². The normalized spacial score (nSPS) is 25.8. The van der Waals surface area contributed by atoms with Crippen LogP contribution in [0.2, 0.25) is 5.02 Å². The smallest absolute Gasteiger partial charge is 0.189 e. The summed E-state index contributed by atoms with van der Waals surface area (Å²) in [6.45, 7) is 0.733. The molecule has 190 valence electrons. The third kappa shape index (κ3) is 2.97. The van der Waals surface area contributed by atoms with Gasteiger partial charge in [0.2, 0.25) is 0 Å². The Hall–Kier alpha value is -3.67. The summed E-state index contributed by atoms with van der Waals surface area (Å²) in [6, 6.07) is 24.2. The number of hydrogen-bond donors (Lipinski definition) is 1. The van der Waals surface area contributed by atoms with Gasteiger partial charge in [0, 0.05) is 28.1 Å². The van der Waals surface area contributed by atoms with Crippen molar-refractivity contribution in [1.29, 1.82) is 0 Å². The lowest BCUT2D eigenvalue weighted by atomic mass is 9.68. The highest BCUT2D eigenvalue weighted by molar-refractivity contribution is 6.30. The molecule has 2 fully saturated rings. The van der Waals surface area contributed by atoms with Crippen LogP contribution >= 0.6 is 11.6 Å². The van der Waals surface area contributed by atoms with Crippen LogP contribution in [0.1, 0.15) is 50.6 Å². The Morgan fingerprint density at radius 1 is 1.05 bits per heavy atom. The van der Waals surface area contributed by atoms with Crippen LogP contribution in [-0.2, 0) is 5.54 Å². The number of rotatable bonds is 4. The Bertz CT molecular complexity index is 1630. The first-order valence-electron chi connectivity index (χ1n) is 13.0. The molecule has 0 amide bonds. The summed E-state index contributed by atoms with van der Waals surface area (Å²) < 4.78 is 5.46. The summed E-state index contributed by atoms with van der Waals surface area (Å²) in [4.78, 5) is 31.7. The third-order valence-corrected chi connectivity index (χ3v) is 9.13. The molecule has 7 rings (SSSR count). The fourth-order valence-electron chi connectivity index (χ4n) is 7.50. The molecule has 1 N–H and O–H groups in total. The van der Waals surface area contributed by atoms with Gasteiger partial charge in [-0.25, -0.2) is 0 Å². The van der Waals surface area contributed by atoms with Gasteiger partial charge < -0.3 is 9.84 Å². The minimum atomic E-state index is -1.11. The number of nitrogens with zero attached hydrogens (tertiary/aromatic N) is 1. The first-order chi connectivity index (χ1) is 18.5. The summed E-state index contributed by atoms with van der Waals surface area (Å²) in [7, 11) is 1.52. The van der Waals surface area contributed by atoms with Crippen LogP contribution in [0.25, 0.3) is 10.8 Å². The lowest BCUT2D eigenvalue weighted by Gasteiger charge is -2.38. The molecule has 2 aliphatic heterocycles. The van der Waals surface area contributed by atoms with Gasteiger partial charge in [-0.3, -0.25) is 14.5 Å². The quantitative estimate of drug-likeness (QED) is 0.315. The largest absolute Gasteiger partial charge is 0.504 e. The average Bonchev–Trinajstić information content (AvgIpc) is 3.59. The van der Waals surface area contributed by atoms with E-state index in [1.807, 2.05) is 48.5 Å². The molecule has 2 saturated heterocycles. The zero-order valence-electron chi connectivity index (χ0n) is 20.9. The van der Waals surface area contributed by atoms with Gasteiger partial charge >= 0.3 is 0 Å². The molecule has 38 heavy (non-hydrogen) atoms. The molecule has 0 aromatic heterocycles. The number of ketones is 2. The fraction of sp³-hybridized carbons (Fsp3) is 0.250. The molecular weight excluding hydrogens is 498 g/mol. The van der Waals surface area contributed by atoms with Crippen LogP contribution in [0.5, 0.6) is 11.5 Å². The van der Waals surface area contributed by atoms with Crippen molar-refractivity contribution in [3.63, 3.8) is 0 Å². The monoisotopic (exact) mass is 523 g/mol. The highest BCUT2D eigenvalue weighted by Crippen LogP contribution is 2.62. The van der Waals surface area contributed by atoms with E-state index < -0.39 is 11.5 Å². The molecule has 0 bridgehead atoms. The summed E-state index contributed by atoms with van der Waals surface area (Å²) >= 11 is 6.17.